The van der Waals surface area contributed by atoms with Gasteiger partial charge in [0.15, 0.2) is 0 Å². The molecule has 60 valence electrons. The Morgan fingerprint density at radius 3 is 3.00 bits per heavy atom. The van der Waals surface area contributed by atoms with Crippen LogP contribution in [0.3, 0.4) is 0 Å². The second-order valence-corrected chi connectivity index (χ2v) is 3.30. The third-order valence-electron chi connectivity index (χ3n) is 2.27. The lowest BCUT2D eigenvalue weighted by Gasteiger charge is -2.03. The number of rotatable bonds is 1. The van der Waals surface area contributed by atoms with E-state index in [1.165, 1.54) is 16.7 Å². The van der Waals surface area contributed by atoms with Gasteiger partial charge in [0.05, 0.1) is 0 Å². The standard InChI is InChI=1S/C12H12/c1-9(2)11-7-6-10-4-3-5-12(10)8-11/h3-4,6-8H,1,5H2,2H3. The van der Waals surface area contributed by atoms with Gasteiger partial charge in [-0.1, -0.05) is 42.5 Å². The first-order valence-corrected chi connectivity index (χ1v) is 4.23. The summed E-state index contributed by atoms with van der Waals surface area (Å²) in [5.74, 6) is 0. The summed E-state index contributed by atoms with van der Waals surface area (Å²) in [5.41, 5.74) is 5.19. The Bertz CT molecular complexity index is 356. The van der Waals surface area contributed by atoms with E-state index in [9.17, 15) is 0 Å². The van der Waals surface area contributed by atoms with E-state index in [0.717, 1.165) is 12.0 Å². The van der Waals surface area contributed by atoms with Crippen LogP contribution in [0.2, 0.25) is 0 Å². The number of hydrogen-bond donors (Lipinski definition) is 0. The van der Waals surface area contributed by atoms with E-state index in [4.69, 9.17) is 0 Å². The van der Waals surface area contributed by atoms with Gasteiger partial charge in [0.1, 0.15) is 0 Å². The van der Waals surface area contributed by atoms with Gasteiger partial charge in [-0.25, -0.2) is 0 Å². The van der Waals surface area contributed by atoms with Gasteiger partial charge in [-0.15, -0.1) is 0 Å². The molecule has 12 heavy (non-hydrogen) atoms. The van der Waals surface area contributed by atoms with Crippen molar-refractivity contribution < 1.29 is 0 Å². The molecule has 0 N–H and O–H groups in total. The van der Waals surface area contributed by atoms with Crippen molar-refractivity contribution >= 4 is 11.6 Å². The number of fused-ring (bicyclic) bond motifs is 1. The first-order chi connectivity index (χ1) is 5.77. The molecule has 0 heteroatoms. The normalized spacial score (nSPS) is 13.1. The van der Waals surface area contributed by atoms with Crippen LogP contribution in [0.4, 0.5) is 0 Å². The van der Waals surface area contributed by atoms with Crippen LogP contribution in [0.15, 0.2) is 30.9 Å². The molecule has 1 aliphatic rings. The maximum atomic E-state index is 3.93. The molecule has 0 fully saturated rings. The molecule has 0 unspecified atom stereocenters. The van der Waals surface area contributed by atoms with Crippen LogP contribution < -0.4 is 0 Å². The van der Waals surface area contributed by atoms with Gasteiger partial charge in [0, 0.05) is 0 Å². The SMILES string of the molecule is C=C(C)c1ccc2c(c1)CC=C2. The van der Waals surface area contributed by atoms with Crippen LogP contribution in [-0.2, 0) is 6.42 Å². The summed E-state index contributed by atoms with van der Waals surface area (Å²) in [6, 6.07) is 6.54. The fourth-order valence-corrected chi connectivity index (χ4v) is 1.52. The molecule has 0 heterocycles. The lowest BCUT2D eigenvalue weighted by Crippen LogP contribution is -1.84. The molecule has 0 saturated heterocycles. The zero-order valence-corrected chi connectivity index (χ0v) is 7.30. The van der Waals surface area contributed by atoms with Crippen LogP contribution in [-0.4, -0.2) is 0 Å². The Kier molecular flexibility index (Phi) is 1.61. The monoisotopic (exact) mass is 156 g/mol. The summed E-state index contributed by atoms with van der Waals surface area (Å²) in [5, 5.41) is 0. The Labute approximate surface area is 73.2 Å². The van der Waals surface area contributed by atoms with Gasteiger partial charge in [-0.05, 0) is 30.0 Å². The average molecular weight is 156 g/mol. The molecule has 0 spiro atoms. The van der Waals surface area contributed by atoms with E-state index < -0.39 is 0 Å². The first kappa shape index (κ1) is 7.35. The largest absolute Gasteiger partial charge is 0.0955 e. The highest BCUT2D eigenvalue weighted by Crippen LogP contribution is 2.23. The van der Waals surface area contributed by atoms with Gasteiger partial charge in [-0.2, -0.15) is 0 Å². The van der Waals surface area contributed by atoms with E-state index >= 15 is 0 Å². The van der Waals surface area contributed by atoms with E-state index in [-0.39, 0.29) is 0 Å². The zero-order chi connectivity index (χ0) is 8.55. The minimum atomic E-state index is 1.08. The fraction of sp³-hybridized carbons (Fsp3) is 0.167. The van der Waals surface area contributed by atoms with Gasteiger partial charge in [0.2, 0.25) is 0 Å². The minimum absolute atomic E-state index is 1.08. The molecule has 1 aromatic carbocycles. The third kappa shape index (κ3) is 1.10. The second kappa shape index (κ2) is 2.63. The van der Waals surface area contributed by atoms with Crippen molar-refractivity contribution in [3.63, 3.8) is 0 Å². The Hall–Kier alpha value is -1.30. The molecule has 0 saturated carbocycles. The number of benzene rings is 1. The highest BCUT2D eigenvalue weighted by Gasteiger charge is 2.04. The summed E-state index contributed by atoms with van der Waals surface area (Å²) in [6.45, 7) is 5.98. The highest BCUT2D eigenvalue weighted by atomic mass is 14.1. The summed E-state index contributed by atoms with van der Waals surface area (Å²) in [4.78, 5) is 0. The summed E-state index contributed by atoms with van der Waals surface area (Å²) >= 11 is 0. The predicted molar refractivity (Wildman–Crippen MR) is 53.9 cm³/mol. The molecular formula is C12H12. The van der Waals surface area contributed by atoms with Gasteiger partial charge in [-0.3, -0.25) is 0 Å². The van der Waals surface area contributed by atoms with Crippen LogP contribution >= 0.6 is 0 Å². The molecular weight excluding hydrogens is 144 g/mol. The van der Waals surface area contributed by atoms with Gasteiger partial charge in [0.25, 0.3) is 0 Å². The molecule has 0 aliphatic heterocycles. The number of hydrogen-bond acceptors (Lipinski definition) is 0. The van der Waals surface area contributed by atoms with Crippen molar-refractivity contribution in [3.05, 3.63) is 47.5 Å². The Morgan fingerprint density at radius 1 is 1.42 bits per heavy atom. The quantitative estimate of drug-likeness (QED) is 0.585. The number of allylic oxidation sites excluding steroid dienone is 2. The molecule has 0 aromatic heterocycles. The fourth-order valence-electron chi connectivity index (χ4n) is 1.52. The lowest BCUT2D eigenvalue weighted by molar-refractivity contribution is 1.30. The molecule has 0 amide bonds. The smallest absolute Gasteiger partial charge is 0.00880 e. The van der Waals surface area contributed by atoms with Crippen molar-refractivity contribution in [1.82, 2.24) is 0 Å². The van der Waals surface area contributed by atoms with Crippen molar-refractivity contribution in [2.45, 2.75) is 13.3 Å². The van der Waals surface area contributed by atoms with Crippen LogP contribution in [0.5, 0.6) is 0 Å². The van der Waals surface area contributed by atoms with Crippen molar-refractivity contribution in [2.24, 2.45) is 0 Å². The van der Waals surface area contributed by atoms with Crippen LogP contribution in [0, 0.1) is 0 Å². The van der Waals surface area contributed by atoms with Crippen molar-refractivity contribution in [3.8, 4) is 0 Å². The molecule has 2 rings (SSSR count). The van der Waals surface area contributed by atoms with Crippen LogP contribution in [0.1, 0.15) is 23.6 Å². The van der Waals surface area contributed by atoms with Gasteiger partial charge >= 0.3 is 0 Å². The van der Waals surface area contributed by atoms with Gasteiger partial charge < -0.3 is 0 Å². The summed E-state index contributed by atoms with van der Waals surface area (Å²) < 4.78 is 0. The van der Waals surface area contributed by atoms with Crippen LogP contribution in [0.25, 0.3) is 11.6 Å². The van der Waals surface area contributed by atoms with E-state index in [2.05, 4.69) is 36.9 Å². The summed E-state index contributed by atoms with van der Waals surface area (Å²) in [6.07, 6.45) is 5.46. The van der Waals surface area contributed by atoms with E-state index in [1.54, 1.807) is 0 Å². The maximum Gasteiger partial charge on any atom is -0.00880 e. The molecule has 0 radical (unpaired) electrons. The third-order valence-corrected chi connectivity index (χ3v) is 2.27. The molecule has 1 aliphatic carbocycles. The topological polar surface area (TPSA) is 0 Å². The highest BCUT2D eigenvalue weighted by molar-refractivity contribution is 5.67. The first-order valence-electron chi connectivity index (χ1n) is 4.23. The molecule has 0 nitrogen and oxygen atoms in total. The average Bonchev–Trinajstić information content (AvgIpc) is 2.49. The Balaban J connectivity index is 2.49. The molecule has 0 bridgehead atoms. The molecule has 1 aromatic rings. The predicted octanol–water partition coefficient (Wildman–Crippen LogP) is 3.29. The van der Waals surface area contributed by atoms with Crippen molar-refractivity contribution in [1.29, 1.82) is 0 Å². The molecule has 0 atom stereocenters. The Morgan fingerprint density at radius 2 is 2.25 bits per heavy atom. The zero-order valence-electron chi connectivity index (χ0n) is 7.30. The van der Waals surface area contributed by atoms with E-state index in [0.29, 0.717) is 0 Å². The second-order valence-electron chi connectivity index (χ2n) is 3.30. The summed E-state index contributed by atoms with van der Waals surface area (Å²) in [7, 11) is 0. The van der Waals surface area contributed by atoms with Crippen molar-refractivity contribution in [2.75, 3.05) is 0 Å². The maximum absolute atomic E-state index is 3.93. The van der Waals surface area contributed by atoms with E-state index in [1.807, 2.05) is 6.92 Å². The lowest BCUT2D eigenvalue weighted by atomic mass is 10.0. The minimum Gasteiger partial charge on any atom is -0.0955 e.